The van der Waals surface area contributed by atoms with E-state index in [9.17, 15) is 0 Å². The van der Waals surface area contributed by atoms with Gasteiger partial charge in [-0.05, 0) is 40.1 Å². The summed E-state index contributed by atoms with van der Waals surface area (Å²) in [6, 6.07) is 0. The first kappa shape index (κ1) is 12.5. The lowest BCUT2D eigenvalue weighted by atomic mass is 10.4. The fourth-order valence-corrected chi connectivity index (χ4v) is 2.27. The Morgan fingerprint density at radius 2 is 1.15 bits per heavy atom. The molecule has 0 aromatic rings. The van der Waals surface area contributed by atoms with Gasteiger partial charge >= 0.3 is 0 Å². The van der Waals surface area contributed by atoms with Crippen molar-refractivity contribution in [3.63, 3.8) is 0 Å². The van der Waals surface area contributed by atoms with Crippen LogP contribution in [-0.2, 0) is 0 Å². The van der Waals surface area contributed by atoms with Crippen LogP contribution in [-0.4, -0.2) is 12.8 Å². The van der Waals surface area contributed by atoms with Crippen LogP contribution < -0.4 is 0 Å². The Balaban J connectivity index is 4.79. The second-order valence-corrected chi connectivity index (χ2v) is 9.85. The monoisotopic (exact) mass is 197 g/mol. The molecule has 0 spiro atoms. The van der Waals surface area contributed by atoms with Crippen molar-refractivity contribution < 1.29 is 0 Å². The van der Waals surface area contributed by atoms with E-state index >= 15 is 0 Å². The van der Waals surface area contributed by atoms with Gasteiger partial charge in [0.25, 0.3) is 0 Å². The minimum Gasteiger partial charge on any atom is -0.381 e. The van der Waals surface area contributed by atoms with Gasteiger partial charge in [-0.1, -0.05) is 30.8 Å². The van der Waals surface area contributed by atoms with Crippen molar-refractivity contribution in [2.45, 2.75) is 47.3 Å². The molecular formula is C11H23NSi. The SMILES string of the molecule is CC(C)=CN(C=C(C)C)[Si](C)(C)C. The van der Waals surface area contributed by atoms with Crippen LogP contribution in [0.3, 0.4) is 0 Å². The molecule has 0 atom stereocenters. The topological polar surface area (TPSA) is 3.24 Å². The molecule has 0 amide bonds. The van der Waals surface area contributed by atoms with Crippen LogP contribution in [0.5, 0.6) is 0 Å². The molecule has 0 aliphatic heterocycles. The van der Waals surface area contributed by atoms with Crippen molar-refractivity contribution in [1.29, 1.82) is 0 Å². The summed E-state index contributed by atoms with van der Waals surface area (Å²) in [7, 11) is -1.23. The highest BCUT2D eigenvalue weighted by atomic mass is 28.3. The van der Waals surface area contributed by atoms with Crippen molar-refractivity contribution in [1.82, 2.24) is 4.57 Å². The number of hydrogen-bond acceptors (Lipinski definition) is 1. The fraction of sp³-hybridized carbons (Fsp3) is 0.636. The van der Waals surface area contributed by atoms with Crippen LogP contribution in [0.4, 0.5) is 0 Å². The fourth-order valence-electron chi connectivity index (χ4n) is 0.981. The van der Waals surface area contributed by atoms with E-state index in [1.807, 2.05) is 0 Å². The van der Waals surface area contributed by atoms with Gasteiger partial charge in [0.1, 0.15) is 0 Å². The zero-order valence-corrected chi connectivity index (χ0v) is 11.1. The maximum atomic E-state index is 2.40. The lowest BCUT2D eigenvalue weighted by Crippen LogP contribution is -2.38. The molecule has 13 heavy (non-hydrogen) atoms. The molecule has 0 aromatic heterocycles. The van der Waals surface area contributed by atoms with Gasteiger partial charge in [-0.15, -0.1) is 0 Å². The molecule has 0 radical (unpaired) electrons. The first-order valence-electron chi connectivity index (χ1n) is 4.82. The maximum Gasteiger partial charge on any atom is 0.152 e. The van der Waals surface area contributed by atoms with Crippen LogP contribution >= 0.6 is 0 Å². The van der Waals surface area contributed by atoms with E-state index in [1.54, 1.807) is 0 Å². The third-order valence-corrected chi connectivity index (χ3v) is 3.38. The Morgan fingerprint density at radius 3 is 1.31 bits per heavy atom. The van der Waals surface area contributed by atoms with E-state index in [-0.39, 0.29) is 0 Å². The van der Waals surface area contributed by atoms with Crippen molar-refractivity contribution in [2.75, 3.05) is 0 Å². The second kappa shape index (κ2) is 4.65. The molecule has 0 aliphatic carbocycles. The van der Waals surface area contributed by atoms with Gasteiger partial charge in [0.2, 0.25) is 0 Å². The number of rotatable bonds is 3. The van der Waals surface area contributed by atoms with Crippen LogP contribution in [0, 0.1) is 0 Å². The Hall–Kier alpha value is -0.503. The molecule has 76 valence electrons. The smallest absolute Gasteiger partial charge is 0.152 e. The highest BCUT2D eigenvalue weighted by Gasteiger charge is 2.19. The van der Waals surface area contributed by atoms with E-state index in [2.05, 4.69) is 64.3 Å². The molecule has 0 saturated heterocycles. The molecule has 0 aliphatic rings. The third-order valence-electron chi connectivity index (χ3n) is 1.57. The summed E-state index contributed by atoms with van der Waals surface area (Å²) in [6.07, 6.45) is 4.50. The normalized spacial score (nSPS) is 10.7. The zero-order chi connectivity index (χ0) is 10.6. The molecule has 0 saturated carbocycles. The summed E-state index contributed by atoms with van der Waals surface area (Å²) in [6.45, 7) is 15.6. The summed E-state index contributed by atoms with van der Waals surface area (Å²) in [5, 5.41) is 0. The van der Waals surface area contributed by atoms with Crippen LogP contribution in [0.1, 0.15) is 27.7 Å². The molecular weight excluding hydrogens is 174 g/mol. The van der Waals surface area contributed by atoms with E-state index in [4.69, 9.17) is 0 Å². The summed E-state index contributed by atoms with van der Waals surface area (Å²) in [5.41, 5.74) is 2.72. The van der Waals surface area contributed by atoms with Crippen molar-refractivity contribution in [3.8, 4) is 0 Å². The van der Waals surface area contributed by atoms with Crippen molar-refractivity contribution in [3.05, 3.63) is 23.5 Å². The van der Waals surface area contributed by atoms with E-state index in [0.717, 1.165) is 0 Å². The predicted molar refractivity (Wildman–Crippen MR) is 64.0 cm³/mol. The van der Waals surface area contributed by atoms with Gasteiger partial charge in [-0.25, -0.2) is 0 Å². The highest BCUT2D eigenvalue weighted by Crippen LogP contribution is 2.13. The van der Waals surface area contributed by atoms with Gasteiger partial charge in [0, 0.05) is 0 Å². The van der Waals surface area contributed by atoms with Crippen LogP contribution in [0.15, 0.2) is 23.5 Å². The van der Waals surface area contributed by atoms with Crippen molar-refractivity contribution in [2.24, 2.45) is 0 Å². The summed E-state index contributed by atoms with van der Waals surface area (Å²) >= 11 is 0. The Labute approximate surface area is 84.2 Å². The average molecular weight is 197 g/mol. The average Bonchev–Trinajstić information content (AvgIpc) is 1.81. The Kier molecular flexibility index (Phi) is 4.47. The number of nitrogens with zero attached hydrogens (tertiary/aromatic N) is 1. The molecule has 2 heteroatoms. The van der Waals surface area contributed by atoms with Gasteiger partial charge < -0.3 is 4.57 Å². The number of hydrogen-bond donors (Lipinski definition) is 0. The van der Waals surface area contributed by atoms with Gasteiger partial charge in [0.15, 0.2) is 8.24 Å². The van der Waals surface area contributed by atoms with Crippen LogP contribution in [0.2, 0.25) is 19.6 Å². The zero-order valence-electron chi connectivity index (χ0n) is 10.1. The molecule has 0 unspecified atom stereocenters. The molecule has 1 nitrogen and oxygen atoms in total. The Morgan fingerprint density at radius 1 is 0.846 bits per heavy atom. The van der Waals surface area contributed by atoms with E-state index < -0.39 is 8.24 Å². The summed E-state index contributed by atoms with van der Waals surface area (Å²) in [5.74, 6) is 0. The molecule has 0 N–H and O–H groups in total. The Bertz CT molecular complexity index is 195. The summed E-state index contributed by atoms with van der Waals surface area (Å²) < 4.78 is 2.40. The third kappa shape index (κ3) is 5.69. The summed E-state index contributed by atoms with van der Waals surface area (Å²) in [4.78, 5) is 0. The van der Waals surface area contributed by atoms with Gasteiger partial charge in [-0.3, -0.25) is 0 Å². The van der Waals surface area contributed by atoms with E-state index in [1.165, 1.54) is 11.1 Å². The molecule has 0 rings (SSSR count). The second-order valence-electron chi connectivity index (χ2n) is 4.99. The predicted octanol–water partition coefficient (Wildman–Crippen LogP) is 3.97. The minimum atomic E-state index is -1.23. The quantitative estimate of drug-likeness (QED) is 0.619. The minimum absolute atomic E-state index is 1.23. The van der Waals surface area contributed by atoms with E-state index in [0.29, 0.717) is 0 Å². The van der Waals surface area contributed by atoms with Crippen LogP contribution in [0.25, 0.3) is 0 Å². The maximum absolute atomic E-state index is 2.40. The lowest BCUT2D eigenvalue weighted by Gasteiger charge is -2.30. The van der Waals surface area contributed by atoms with Crippen molar-refractivity contribution >= 4 is 8.24 Å². The van der Waals surface area contributed by atoms with Gasteiger partial charge in [0.05, 0.1) is 0 Å². The molecule has 0 bridgehead atoms. The number of allylic oxidation sites excluding steroid dienone is 2. The first-order chi connectivity index (χ1) is 5.73. The lowest BCUT2D eigenvalue weighted by molar-refractivity contribution is 0.742. The van der Waals surface area contributed by atoms with Gasteiger partial charge in [-0.2, -0.15) is 0 Å². The standard InChI is InChI=1S/C11H23NSi/c1-10(2)8-12(9-11(3)4)13(5,6)7/h8-9H,1-7H3. The molecule has 0 fully saturated rings. The molecule has 0 aromatic carbocycles. The largest absolute Gasteiger partial charge is 0.381 e. The molecule has 0 heterocycles. The highest BCUT2D eigenvalue weighted by molar-refractivity contribution is 6.73. The first-order valence-corrected chi connectivity index (χ1v) is 8.26.